The van der Waals surface area contributed by atoms with Crippen LogP contribution in [0.2, 0.25) is 0 Å². The van der Waals surface area contributed by atoms with Crippen molar-refractivity contribution in [3.05, 3.63) is 101 Å². The molecule has 0 aliphatic carbocycles. The monoisotopic (exact) mass is 476 g/mol. The summed E-state index contributed by atoms with van der Waals surface area (Å²) in [6, 6.07) is 22.9. The molecule has 35 heavy (non-hydrogen) atoms. The highest BCUT2D eigenvalue weighted by molar-refractivity contribution is 5.88. The molecule has 3 aromatic carbocycles. The maximum absolute atomic E-state index is 14.5. The van der Waals surface area contributed by atoms with Gasteiger partial charge in [0.25, 0.3) is 0 Å². The Bertz CT molecular complexity index is 1090. The van der Waals surface area contributed by atoms with Gasteiger partial charge in [0.2, 0.25) is 11.8 Å². The molecule has 3 aromatic rings. The first kappa shape index (κ1) is 25.9. The van der Waals surface area contributed by atoms with Gasteiger partial charge in [-0.2, -0.15) is 0 Å². The molecular weight excluding hydrogens is 443 g/mol. The van der Waals surface area contributed by atoms with Gasteiger partial charge in [0.15, 0.2) is 0 Å². The van der Waals surface area contributed by atoms with Crippen LogP contribution in [0.4, 0.5) is 4.39 Å². The molecule has 0 saturated carbocycles. The zero-order valence-electron chi connectivity index (χ0n) is 20.4. The third-order valence-corrected chi connectivity index (χ3v) is 5.75. The zero-order valence-corrected chi connectivity index (χ0v) is 20.4. The van der Waals surface area contributed by atoms with Gasteiger partial charge < -0.3 is 15.0 Å². The number of benzene rings is 3. The minimum absolute atomic E-state index is 0.0129. The summed E-state index contributed by atoms with van der Waals surface area (Å²) in [6.07, 6.45) is 1.01. The van der Waals surface area contributed by atoms with E-state index in [0.29, 0.717) is 31.6 Å². The molecule has 0 aliphatic rings. The maximum Gasteiger partial charge on any atom is 0.243 e. The SMILES string of the molecule is CCNC(=O)[C@@H](Cc1ccccc1)N(Cc1ccccc1F)C(=O)CCCOc1ccc(C)cc1. The van der Waals surface area contributed by atoms with Gasteiger partial charge in [0.1, 0.15) is 17.6 Å². The van der Waals surface area contributed by atoms with Crippen molar-refractivity contribution in [2.24, 2.45) is 0 Å². The number of nitrogens with zero attached hydrogens (tertiary/aromatic N) is 1. The number of likely N-dealkylation sites (N-methyl/N-ethyl adjacent to an activating group) is 1. The Kier molecular flexibility index (Phi) is 9.84. The van der Waals surface area contributed by atoms with Gasteiger partial charge in [-0.25, -0.2) is 4.39 Å². The number of halogens is 1. The van der Waals surface area contributed by atoms with Crippen LogP contribution in [0.1, 0.15) is 36.5 Å². The van der Waals surface area contributed by atoms with Gasteiger partial charge in [0.05, 0.1) is 6.61 Å². The van der Waals surface area contributed by atoms with Crippen LogP contribution >= 0.6 is 0 Å². The fourth-order valence-corrected chi connectivity index (χ4v) is 3.85. The number of rotatable bonds is 12. The number of carbonyl (C=O) groups excluding carboxylic acids is 2. The quantitative estimate of drug-likeness (QED) is 0.372. The van der Waals surface area contributed by atoms with E-state index in [2.05, 4.69) is 5.32 Å². The fourth-order valence-electron chi connectivity index (χ4n) is 3.85. The average molecular weight is 477 g/mol. The Balaban J connectivity index is 1.77. The molecule has 5 nitrogen and oxygen atoms in total. The Hall–Kier alpha value is -3.67. The molecule has 0 spiro atoms. The number of amides is 2. The van der Waals surface area contributed by atoms with Crippen LogP contribution < -0.4 is 10.1 Å². The summed E-state index contributed by atoms with van der Waals surface area (Å²) in [5.41, 5.74) is 2.45. The molecule has 0 radical (unpaired) electrons. The summed E-state index contributed by atoms with van der Waals surface area (Å²) in [7, 11) is 0. The van der Waals surface area contributed by atoms with E-state index >= 15 is 0 Å². The lowest BCUT2D eigenvalue weighted by Crippen LogP contribution is -2.50. The Labute approximate surface area is 206 Å². The lowest BCUT2D eigenvalue weighted by molar-refractivity contribution is -0.141. The van der Waals surface area contributed by atoms with E-state index in [-0.39, 0.29) is 24.8 Å². The molecular formula is C29H33FN2O3. The molecule has 0 heterocycles. The number of aryl methyl sites for hydroxylation is 1. The summed E-state index contributed by atoms with van der Waals surface area (Å²) in [5.74, 6) is -0.122. The summed E-state index contributed by atoms with van der Waals surface area (Å²) in [4.78, 5) is 28.0. The molecule has 0 aromatic heterocycles. The topological polar surface area (TPSA) is 58.6 Å². The molecule has 184 valence electrons. The second-order valence-corrected chi connectivity index (χ2v) is 8.48. The Morgan fingerprint density at radius 1 is 0.971 bits per heavy atom. The van der Waals surface area contributed by atoms with Crippen molar-refractivity contribution >= 4 is 11.8 Å². The lowest BCUT2D eigenvalue weighted by Gasteiger charge is -2.31. The molecule has 0 unspecified atom stereocenters. The summed E-state index contributed by atoms with van der Waals surface area (Å²) in [6.45, 7) is 4.66. The van der Waals surface area contributed by atoms with Gasteiger partial charge in [-0.3, -0.25) is 9.59 Å². The summed E-state index contributed by atoms with van der Waals surface area (Å²) < 4.78 is 20.3. The largest absolute Gasteiger partial charge is 0.494 e. The van der Waals surface area contributed by atoms with E-state index in [0.717, 1.165) is 16.9 Å². The fraction of sp³-hybridized carbons (Fsp3) is 0.310. The van der Waals surface area contributed by atoms with E-state index in [9.17, 15) is 14.0 Å². The smallest absolute Gasteiger partial charge is 0.243 e. The predicted octanol–water partition coefficient (Wildman–Crippen LogP) is 5.07. The molecule has 2 amide bonds. The second-order valence-electron chi connectivity index (χ2n) is 8.48. The predicted molar refractivity (Wildman–Crippen MR) is 135 cm³/mol. The first-order chi connectivity index (χ1) is 17.0. The van der Waals surface area contributed by atoms with Crippen molar-refractivity contribution in [1.29, 1.82) is 0 Å². The van der Waals surface area contributed by atoms with Gasteiger partial charge in [-0.15, -0.1) is 0 Å². The third kappa shape index (κ3) is 7.95. The first-order valence-electron chi connectivity index (χ1n) is 12.0. The highest BCUT2D eigenvalue weighted by atomic mass is 19.1. The first-order valence-corrected chi connectivity index (χ1v) is 12.0. The highest BCUT2D eigenvalue weighted by Crippen LogP contribution is 2.18. The number of nitrogens with one attached hydrogen (secondary N) is 1. The number of hydrogen-bond acceptors (Lipinski definition) is 3. The van der Waals surface area contributed by atoms with E-state index in [1.54, 1.807) is 18.2 Å². The molecule has 0 fully saturated rings. The second kappa shape index (κ2) is 13.3. The molecule has 0 aliphatic heterocycles. The van der Waals surface area contributed by atoms with E-state index in [1.165, 1.54) is 11.0 Å². The van der Waals surface area contributed by atoms with Gasteiger partial charge in [-0.1, -0.05) is 66.2 Å². The Morgan fingerprint density at radius 3 is 2.34 bits per heavy atom. The number of carbonyl (C=O) groups is 2. The van der Waals surface area contributed by atoms with E-state index in [1.807, 2.05) is 68.4 Å². The van der Waals surface area contributed by atoms with Crippen molar-refractivity contribution in [2.45, 2.75) is 45.7 Å². The van der Waals surface area contributed by atoms with Crippen LogP contribution in [0.3, 0.4) is 0 Å². The summed E-state index contributed by atoms with van der Waals surface area (Å²) in [5, 5.41) is 2.84. The van der Waals surface area contributed by atoms with Crippen molar-refractivity contribution in [3.8, 4) is 5.75 Å². The van der Waals surface area contributed by atoms with Crippen molar-refractivity contribution in [1.82, 2.24) is 10.2 Å². The van der Waals surface area contributed by atoms with Crippen LogP contribution in [-0.4, -0.2) is 35.9 Å². The molecule has 6 heteroatoms. The average Bonchev–Trinajstić information content (AvgIpc) is 2.86. The minimum atomic E-state index is -0.762. The van der Waals surface area contributed by atoms with Crippen LogP contribution in [0.25, 0.3) is 0 Å². The summed E-state index contributed by atoms with van der Waals surface area (Å²) >= 11 is 0. The zero-order chi connectivity index (χ0) is 25.0. The van der Waals surface area contributed by atoms with Crippen LogP contribution in [0.15, 0.2) is 78.9 Å². The molecule has 0 bridgehead atoms. The highest BCUT2D eigenvalue weighted by Gasteiger charge is 2.30. The number of ether oxygens (including phenoxy) is 1. The molecule has 1 atom stereocenters. The van der Waals surface area contributed by atoms with Crippen molar-refractivity contribution in [3.63, 3.8) is 0 Å². The number of hydrogen-bond donors (Lipinski definition) is 1. The van der Waals surface area contributed by atoms with E-state index < -0.39 is 11.9 Å². The lowest BCUT2D eigenvalue weighted by atomic mass is 10.0. The maximum atomic E-state index is 14.5. The molecule has 1 N–H and O–H groups in total. The van der Waals surface area contributed by atoms with Crippen LogP contribution in [0, 0.1) is 12.7 Å². The standard InChI is InChI=1S/C29H33FN2O3/c1-3-31-29(34)27(20-23-10-5-4-6-11-23)32(21-24-12-7-8-13-26(24)30)28(33)14-9-19-35-25-17-15-22(2)16-18-25/h4-8,10-13,15-18,27H,3,9,14,19-21H2,1-2H3,(H,31,34)/t27-/m1/s1. The normalized spacial score (nSPS) is 11.5. The van der Waals surface area contributed by atoms with Gasteiger partial charge in [-0.05, 0) is 44.0 Å². The molecule has 0 saturated heterocycles. The van der Waals surface area contributed by atoms with Crippen LogP contribution in [-0.2, 0) is 22.6 Å². The van der Waals surface area contributed by atoms with E-state index in [4.69, 9.17) is 4.74 Å². The molecule has 3 rings (SSSR count). The van der Waals surface area contributed by atoms with Crippen molar-refractivity contribution in [2.75, 3.05) is 13.2 Å². The van der Waals surface area contributed by atoms with Crippen molar-refractivity contribution < 1.29 is 18.7 Å². The van der Waals surface area contributed by atoms with Crippen LogP contribution in [0.5, 0.6) is 5.75 Å². The minimum Gasteiger partial charge on any atom is -0.494 e. The van der Waals surface area contributed by atoms with Gasteiger partial charge in [0, 0.05) is 31.5 Å². The third-order valence-electron chi connectivity index (χ3n) is 5.75. The Morgan fingerprint density at radius 2 is 1.66 bits per heavy atom. The van der Waals surface area contributed by atoms with Gasteiger partial charge >= 0.3 is 0 Å².